The number of hydrogen-bond donors (Lipinski definition) is 0. The van der Waals surface area contributed by atoms with Crippen LogP contribution < -0.4 is 0 Å². The average Bonchev–Trinajstić information content (AvgIpc) is 2.58. The Bertz CT molecular complexity index is 685. The molecular formula is C25H32. The molecule has 2 rings (SSSR count). The maximum Gasteiger partial charge on any atom is -0.0254 e. The molecule has 0 spiro atoms. The quantitative estimate of drug-likeness (QED) is 0.378. The second-order valence-electron chi connectivity index (χ2n) is 6.81. The second kappa shape index (κ2) is 11.3. The molecule has 0 amide bonds. The lowest BCUT2D eigenvalue weighted by atomic mass is 10.0. The van der Waals surface area contributed by atoms with E-state index in [1.165, 1.54) is 40.7 Å². The number of benzene rings is 2. The van der Waals surface area contributed by atoms with E-state index in [0.29, 0.717) is 0 Å². The molecule has 0 saturated heterocycles. The lowest BCUT2D eigenvalue weighted by Gasteiger charge is -2.01. The smallest absolute Gasteiger partial charge is 0.0254 e. The molecule has 0 aromatic heterocycles. The van der Waals surface area contributed by atoms with Gasteiger partial charge in [0.15, 0.2) is 0 Å². The fraction of sp³-hybridized carbons (Fsp3) is 0.280. The van der Waals surface area contributed by atoms with Crippen LogP contribution in [0.2, 0.25) is 0 Å². The Morgan fingerprint density at radius 3 is 2.00 bits per heavy atom. The van der Waals surface area contributed by atoms with Crippen molar-refractivity contribution in [3.63, 3.8) is 0 Å². The van der Waals surface area contributed by atoms with Crippen LogP contribution in [0.5, 0.6) is 0 Å². The summed E-state index contributed by atoms with van der Waals surface area (Å²) in [5, 5.41) is 0. The average molecular weight is 333 g/mol. The first-order valence-electron chi connectivity index (χ1n) is 8.97. The van der Waals surface area contributed by atoms with Crippen molar-refractivity contribution in [1.29, 1.82) is 0 Å². The number of aryl methyl sites for hydroxylation is 2. The van der Waals surface area contributed by atoms with E-state index in [1.807, 2.05) is 25.1 Å². The highest BCUT2D eigenvalue weighted by Crippen LogP contribution is 2.11. The highest BCUT2D eigenvalue weighted by Gasteiger charge is 1.93. The van der Waals surface area contributed by atoms with Gasteiger partial charge in [0.1, 0.15) is 0 Å². The third-order valence-electron chi connectivity index (χ3n) is 4.05. The summed E-state index contributed by atoms with van der Waals surface area (Å²) in [5.74, 6) is 0. The second-order valence-corrected chi connectivity index (χ2v) is 6.81. The van der Waals surface area contributed by atoms with E-state index < -0.39 is 0 Å². The van der Waals surface area contributed by atoms with Gasteiger partial charge in [-0.2, -0.15) is 0 Å². The molecule has 2 aromatic rings. The maximum atomic E-state index is 3.90. The van der Waals surface area contributed by atoms with Crippen molar-refractivity contribution < 1.29 is 0 Å². The predicted molar refractivity (Wildman–Crippen MR) is 114 cm³/mol. The van der Waals surface area contributed by atoms with E-state index in [1.54, 1.807) is 0 Å². The van der Waals surface area contributed by atoms with Crippen molar-refractivity contribution in [3.05, 3.63) is 101 Å². The molecule has 0 heterocycles. The summed E-state index contributed by atoms with van der Waals surface area (Å²) < 4.78 is 0. The first-order chi connectivity index (χ1) is 11.9. The zero-order valence-corrected chi connectivity index (χ0v) is 16.3. The molecule has 0 atom stereocenters. The zero-order chi connectivity index (χ0) is 18.7. The highest BCUT2D eigenvalue weighted by atomic mass is 14.0. The predicted octanol–water partition coefficient (Wildman–Crippen LogP) is 7.56. The highest BCUT2D eigenvalue weighted by molar-refractivity contribution is 5.56. The van der Waals surface area contributed by atoms with Crippen LogP contribution in [-0.4, -0.2) is 0 Å². The third-order valence-corrected chi connectivity index (χ3v) is 4.05. The van der Waals surface area contributed by atoms with Gasteiger partial charge in [-0.1, -0.05) is 84.0 Å². The summed E-state index contributed by atoms with van der Waals surface area (Å²) >= 11 is 0. The van der Waals surface area contributed by atoms with Crippen LogP contribution in [0.15, 0.2) is 84.5 Å². The Balaban J connectivity index is 0.000000251. The minimum atomic E-state index is 1.12. The first kappa shape index (κ1) is 20.7. The van der Waals surface area contributed by atoms with Gasteiger partial charge in [-0.05, 0) is 63.7 Å². The molecule has 0 N–H and O–H groups in total. The molecule has 0 unspecified atom stereocenters. The summed E-state index contributed by atoms with van der Waals surface area (Å²) in [5.41, 5.74) is 7.65. The normalized spacial score (nSPS) is 10.6. The minimum absolute atomic E-state index is 1.12. The minimum Gasteiger partial charge on any atom is -0.100 e. The van der Waals surface area contributed by atoms with E-state index in [9.17, 15) is 0 Å². The maximum absolute atomic E-state index is 3.90. The molecule has 0 radical (unpaired) electrons. The summed E-state index contributed by atoms with van der Waals surface area (Å²) in [6, 6.07) is 19.1. The first-order valence-corrected chi connectivity index (χ1v) is 8.97. The molecule has 25 heavy (non-hydrogen) atoms. The Kier molecular flexibility index (Phi) is 9.32. The van der Waals surface area contributed by atoms with Crippen LogP contribution >= 0.6 is 0 Å². The van der Waals surface area contributed by atoms with Gasteiger partial charge >= 0.3 is 0 Å². The van der Waals surface area contributed by atoms with Gasteiger partial charge in [0.25, 0.3) is 0 Å². The number of rotatable bonds is 6. The van der Waals surface area contributed by atoms with Crippen molar-refractivity contribution in [1.82, 2.24) is 0 Å². The summed E-state index contributed by atoms with van der Waals surface area (Å²) in [4.78, 5) is 0. The fourth-order valence-electron chi connectivity index (χ4n) is 2.27. The van der Waals surface area contributed by atoms with Crippen LogP contribution in [0.3, 0.4) is 0 Å². The van der Waals surface area contributed by atoms with Crippen LogP contribution in [0.4, 0.5) is 0 Å². The van der Waals surface area contributed by atoms with Gasteiger partial charge in [-0.25, -0.2) is 0 Å². The summed E-state index contributed by atoms with van der Waals surface area (Å²) in [6.45, 7) is 16.1. The van der Waals surface area contributed by atoms with Crippen molar-refractivity contribution in [3.8, 4) is 0 Å². The fourth-order valence-corrected chi connectivity index (χ4v) is 2.27. The van der Waals surface area contributed by atoms with Crippen molar-refractivity contribution >= 4 is 6.08 Å². The topological polar surface area (TPSA) is 0 Å². The molecule has 2 aromatic carbocycles. The molecule has 0 nitrogen and oxygen atoms in total. The van der Waals surface area contributed by atoms with Gasteiger partial charge in [-0.15, -0.1) is 6.58 Å². The molecule has 132 valence electrons. The van der Waals surface area contributed by atoms with Crippen molar-refractivity contribution in [2.75, 3.05) is 0 Å². The largest absolute Gasteiger partial charge is 0.100 e. The van der Waals surface area contributed by atoms with Crippen LogP contribution in [0.25, 0.3) is 6.08 Å². The lowest BCUT2D eigenvalue weighted by Crippen LogP contribution is -1.86. The third kappa shape index (κ3) is 9.52. The van der Waals surface area contributed by atoms with E-state index in [0.717, 1.165) is 12.0 Å². The van der Waals surface area contributed by atoms with Gasteiger partial charge in [0.05, 0.1) is 0 Å². The number of allylic oxidation sites excluding steroid dienone is 3. The van der Waals surface area contributed by atoms with Gasteiger partial charge in [-0.3, -0.25) is 0 Å². The van der Waals surface area contributed by atoms with Crippen LogP contribution in [0, 0.1) is 6.92 Å². The Labute approximate surface area is 154 Å². The molecule has 0 heteroatoms. The summed E-state index contributed by atoms with van der Waals surface area (Å²) in [7, 11) is 0. The van der Waals surface area contributed by atoms with Gasteiger partial charge in [0, 0.05) is 0 Å². The lowest BCUT2D eigenvalue weighted by molar-refractivity contribution is 0.814. The van der Waals surface area contributed by atoms with Crippen LogP contribution in [-0.2, 0) is 6.42 Å². The Hall–Kier alpha value is -2.34. The van der Waals surface area contributed by atoms with E-state index in [-0.39, 0.29) is 0 Å². The molecule has 0 bridgehead atoms. The molecular weight excluding hydrogens is 300 g/mol. The van der Waals surface area contributed by atoms with Crippen molar-refractivity contribution in [2.45, 2.75) is 47.0 Å². The molecule has 0 aliphatic rings. The molecule has 0 aliphatic carbocycles. The van der Waals surface area contributed by atoms with Crippen molar-refractivity contribution in [2.24, 2.45) is 0 Å². The van der Waals surface area contributed by atoms with E-state index in [4.69, 9.17) is 0 Å². The SMILES string of the molecule is C=C(C)/C(C)=C/c1ccccc1.C=C(C)CCCc1ccc(C)cc1. The molecule has 0 aliphatic heterocycles. The van der Waals surface area contributed by atoms with Crippen LogP contribution in [0.1, 0.15) is 50.3 Å². The zero-order valence-electron chi connectivity index (χ0n) is 16.3. The monoisotopic (exact) mass is 332 g/mol. The Morgan fingerprint density at radius 1 is 0.880 bits per heavy atom. The molecule has 0 fully saturated rings. The Morgan fingerprint density at radius 2 is 1.48 bits per heavy atom. The van der Waals surface area contributed by atoms with Gasteiger partial charge in [0.2, 0.25) is 0 Å². The van der Waals surface area contributed by atoms with E-state index in [2.05, 4.69) is 76.4 Å². The summed E-state index contributed by atoms with van der Waals surface area (Å²) in [6.07, 6.45) is 5.68. The van der Waals surface area contributed by atoms with E-state index >= 15 is 0 Å². The molecule has 0 saturated carbocycles. The van der Waals surface area contributed by atoms with Gasteiger partial charge < -0.3 is 0 Å². The standard InChI is InChI=1S/C13H18.C12H14/c1-11(2)5-4-6-13-9-7-12(3)8-10-13;1-10(2)11(3)9-12-7-5-4-6-8-12/h7-10H,1,4-6H2,2-3H3;4-9H,1H2,2-3H3/b;11-9+. The number of hydrogen-bond acceptors (Lipinski definition) is 0.